The van der Waals surface area contributed by atoms with Crippen LogP contribution >= 0.6 is 11.8 Å². The van der Waals surface area contributed by atoms with Crippen LogP contribution in [0.4, 0.5) is 0 Å². The second-order valence-electron chi connectivity index (χ2n) is 5.10. The normalized spacial score (nSPS) is 11.9. The lowest BCUT2D eigenvalue weighted by molar-refractivity contribution is -0.119. The fraction of sp³-hybridized carbons (Fsp3) is 0.176. The summed E-state index contributed by atoms with van der Waals surface area (Å²) in [6, 6.07) is 13.4. The van der Waals surface area contributed by atoms with Crippen LogP contribution in [0.1, 0.15) is 18.5 Å². The number of benzene rings is 1. The Morgan fingerprint density at radius 3 is 2.79 bits per heavy atom. The van der Waals surface area contributed by atoms with Gasteiger partial charge in [-0.2, -0.15) is 0 Å². The summed E-state index contributed by atoms with van der Waals surface area (Å²) in [6.07, 6.45) is 3.32. The molecule has 3 rings (SSSR count). The van der Waals surface area contributed by atoms with Gasteiger partial charge in [-0.05, 0) is 24.6 Å². The van der Waals surface area contributed by atoms with E-state index in [1.807, 2.05) is 43.3 Å². The Bertz CT molecular complexity index is 793. The van der Waals surface area contributed by atoms with E-state index >= 15 is 0 Å². The number of hydrogen-bond donors (Lipinski definition) is 1. The van der Waals surface area contributed by atoms with Crippen LogP contribution in [-0.4, -0.2) is 26.8 Å². The maximum Gasteiger partial charge on any atom is 0.277 e. The van der Waals surface area contributed by atoms with E-state index in [1.54, 1.807) is 18.5 Å². The Morgan fingerprint density at radius 1 is 1.21 bits per heavy atom. The summed E-state index contributed by atoms with van der Waals surface area (Å²) in [5.41, 5.74) is 1.81. The van der Waals surface area contributed by atoms with Gasteiger partial charge in [0.25, 0.3) is 5.22 Å². The van der Waals surface area contributed by atoms with Gasteiger partial charge in [0.15, 0.2) is 0 Å². The molecule has 0 aliphatic rings. The molecule has 0 saturated heterocycles. The first-order chi connectivity index (χ1) is 11.7. The number of pyridine rings is 1. The van der Waals surface area contributed by atoms with Crippen LogP contribution in [0.25, 0.3) is 11.5 Å². The zero-order chi connectivity index (χ0) is 16.8. The molecule has 0 spiro atoms. The number of nitrogens with one attached hydrogen (secondary N) is 1. The highest BCUT2D eigenvalue weighted by molar-refractivity contribution is 7.99. The Labute approximate surface area is 143 Å². The number of rotatable bonds is 6. The van der Waals surface area contributed by atoms with Crippen LogP contribution in [0.3, 0.4) is 0 Å². The van der Waals surface area contributed by atoms with Crippen molar-refractivity contribution in [2.24, 2.45) is 0 Å². The average molecular weight is 340 g/mol. The quantitative estimate of drug-likeness (QED) is 0.695. The highest BCUT2D eigenvalue weighted by Gasteiger charge is 2.13. The summed E-state index contributed by atoms with van der Waals surface area (Å²) < 4.78 is 5.53. The Balaban J connectivity index is 1.53. The summed E-state index contributed by atoms with van der Waals surface area (Å²) in [7, 11) is 0. The standard InChI is InChI=1S/C17H16N4O2S/c1-12(13-6-3-2-4-7-13)19-15(22)11-24-17-21-20-16(23-17)14-8-5-9-18-10-14/h2-10,12H,11H2,1H3,(H,19,22)/t12-/m0/s1. The van der Waals surface area contributed by atoms with Crippen LogP contribution in [0.5, 0.6) is 0 Å². The van der Waals surface area contributed by atoms with Crippen molar-refractivity contribution >= 4 is 17.7 Å². The minimum Gasteiger partial charge on any atom is -0.411 e. The van der Waals surface area contributed by atoms with Gasteiger partial charge in [0.2, 0.25) is 11.8 Å². The van der Waals surface area contributed by atoms with Crippen molar-refractivity contribution in [3.05, 3.63) is 60.4 Å². The molecule has 1 amide bonds. The molecule has 7 heteroatoms. The first-order valence-electron chi connectivity index (χ1n) is 7.43. The molecule has 24 heavy (non-hydrogen) atoms. The zero-order valence-corrected chi connectivity index (χ0v) is 13.9. The van der Waals surface area contributed by atoms with Gasteiger partial charge in [-0.15, -0.1) is 10.2 Å². The fourth-order valence-electron chi connectivity index (χ4n) is 2.11. The topological polar surface area (TPSA) is 80.9 Å². The summed E-state index contributed by atoms with van der Waals surface area (Å²) in [5.74, 6) is 0.521. The molecule has 1 aromatic carbocycles. The van der Waals surface area contributed by atoms with Crippen LogP contribution in [0.15, 0.2) is 64.5 Å². The van der Waals surface area contributed by atoms with Gasteiger partial charge in [0.05, 0.1) is 17.4 Å². The van der Waals surface area contributed by atoms with E-state index in [1.165, 1.54) is 11.8 Å². The summed E-state index contributed by atoms with van der Waals surface area (Å²) >= 11 is 1.21. The minimum atomic E-state index is -0.0857. The lowest BCUT2D eigenvalue weighted by Crippen LogP contribution is -2.28. The average Bonchev–Trinajstić information content (AvgIpc) is 3.10. The molecule has 3 aromatic rings. The fourth-order valence-corrected chi connectivity index (χ4v) is 2.68. The van der Waals surface area contributed by atoms with Crippen LogP contribution in [-0.2, 0) is 4.79 Å². The van der Waals surface area contributed by atoms with E-state index < -0.39 is 0 Å². The van der Waals surface area contributed by atoms with E-state index in [4.69, 9.17) is 4.42 Å². The first kappa shape index (κ1) is 16.2. The van der Waals surface area contributed by atoms with Crippen molar-refractivity contribution in [3.63, 3.8) is 0 Å². The summed E-state index contributed by atoms with van der Waals surface area (Å²) in [4.78, 5) is 16.1. The Morgan fingerprint density at radius 2 is 2.04 bits per heavy atom. The molecule has 2 heterocycles. The number of carbonyl (C=O) groups excluding carboxylic acids is 1. The van der Waals surface area contributed by atoms with Crippen molar-refractivity contribution < 1.29 is 9.21 Å². The molecule has 0 aliphatic heterocycles. The molecule has 0 unspecified atom stereocenters. The SMILES string of the molecule is C[C@H](NC(=O)CSc1nnc(-c2cccnc2)o1)c1ccccc1. The van der Waals surface area contributed by atoms with Crippen molar-refractivity contribution in [1.82, 2.24) is 20.5 Å². The van der Waals surface area contributed by atoms with Gasteiger partial charge in [-0.1, -0.05) is 42.1 Å². The van der Waals surface area contributed by atoms with Crippen molar-refractivity contribution in [1.29, 1.82) is 0 Å². The first-order valence-corrected chi connectivity index (χ1v) is 8.42. The number of amides is 1. The molecule has 0 aliphatic carbocycles. The highest BCUT2D eigenvalue weighted by atomic mass is 32.2. The zero-order valence-electron chi connectivity index (χ0n) is 13.0. The molecule has 1 N–H and O–H groups in total. The lowest BCUT2D eigenvalue weighted by atomic mass is 10.1. The molecule has 0 saturated carbocycles. The molecular weight excluding hydrogens is 324 g/mol. The largest absolute Gasteiger partial charge is 0.411 e. The van der Waals surface area contributed by atoms with Gasteiger partial charge >= 0.3 is 0 Å². The number of aromatic nitrogens is 3. The van der Waals surface area contributed by atoms with Crippen molar-refractivity contribution in [2.75, 3.05) is 5.75 Å². The van der Waals surface area contributed by atoms with Crippen molar-refractivity contribution in [3.8, 4) is 11.5 Å². The van der Waals surface area contributed by atoms with Gasteiger partial charge in [0, 0.05) is 12.4 Å². The van der Waals surface area contributed by atoms with Gasteiger partial charge in [-0.25, -0.2) is 0 Å². The second kappa shape index (κ2) is 7.74. The van der Waals surface area contributed by atoms with E-state index in [0.29, 0.717) is 11.1 Å². The third kappa shape index (κ3) is 4.20. The minimum absolute atomic E-state index is 0.0482. The van der Waals surface area contributed by atoms with Crippen molar-refractivity contribution in [2.45, 2.75) is 18.2 Å². The van der Waals surface area contributed by atoms with E-state index in [9.17, 15) is 4.79 Å². The molecule has 1 atom stereocenters. The second-order valence-corrected chi connectivity index (χ2v) is 6.03. The molecule has 0 bridgehead atoms. The summed E-state index contributed by atoms with van der Waals surface area (Å²) in [6.45, 7) is 1.95. The molecule has 122 valence electrons. The molecule has 0 radical (unpaired) electrons. The maximum absolute atomic E-state index is 12.0. The van der Waals surface area contributed by atoms with E-state index in [2.05, 4.69) is 20.5 Å². The van der Waals surface area contributed by atoms with Gasteiger partial charge in [0.1, 0.15) is 0 Å². The monoisotopic (exact) mass is 340 g/mol. The number of nitrogens with zero attached hydrogens (tertiary/aromatic N) is 3. The molecule has 0 fully saturated rings. The Hall–Kier alpha value is -2.67. The molecule has 2 aromatic heterocycles. The van der Waals surface area contributed by atoms with Gasteiger partial charge < -0.3 is 9.73 Å². The van der Waals surface area contributed by atoms with Crippen LogP contribution in [0.2, 0.25) is 0 Å². The van der Waals surface area contributed by atoms with Gasteiger partial charge in [-0.3, -0.25) is 9.78 Å². The third-order valence-corrected chi connectivity index (χ3v) is 4.14. The summed E-state index contributed by atoms with van der Waals surface area (Å²) in [5, 5.41) is 11.2. The third-order valence-electron chi connectivity index (χ3n) is 3.32. The van der Waals surface area contributed by atoms with E-state index in [-0.39, 0.29) is 17.7 Å². The Kier molecular flexibility index (Phi) is 5.22. The molecular formula is C17H16N4O2S. The number of thioether (sulfide) groups is 1. The predicted molar refractivity (Wildman–Crippen MR) is 91.3 cm³/mol. The van der Waals surface area contributed by atoms with Crippen LogP contribution < -0.4 is 5.32 Å². The lowest BCUT2D eigenvalue weighted by Gasteiger charge is -2.13. The van der Waals surface area contributed by atoms with E-state index in [0.717, 1.165) is 11.1 Å². The molecule has 6 nitrogen and oxygen atoms in total. The number of carbonyl (C=O) groups is 1. The highest BCUT2D eigenvalue weighted by Crippen LogP contribution is 2.22. The maximum atomic E-state index is 12.0. The predicted octanol–water partition coefficient (Wildman–Crippen LogP) is 3.10. The smallest absolute Gasteiger partial charge is 0.277 e. The van der Waals surface area contributed by atoms with Crippen LogP contribution in [0, 0.1) is 0 Å². The number of hydrogen-bond acceptors (Lipinski definition) is 6.